The van der Waals surface area contributed by atoms with Gasteiger partial charge in [0.15, 0.2) is 0 Å². The Kier molecular flexibility index (Phi) is 3.00. The third-order valence-corrected chi connectivity index (χ3v) is 3.06. The van der Waals surface area contributed by atoms with Crippen LogP contribution in [0.4, 0.5) is 5.69 Å². The van der Waals surface area contributed by atoms with Gasteiger partial charge in [-0.2, -0.15) is 4.98 Å². The fraction of sp³-hybridized carbons (Fsp3) is 0. The predicted molar refractivity (Wildman–Crippen MR) is 75.1 cm³/mol. The molecular formula is C13H9BrN4O. The van der Waals surface area contributed by atoms with Crippen molar-refractivity contribution in [1.82, 2.24) is 15.1 Å². The van der Waals surface area contributed by atoms with Gasteiger partial charge >= 0.3 is 0 Å². The van der Waals surface area contributed by atoms with Gasteiger partial charge in [0.2, 0.25) is 5.82 Å². The van der Waals surface area contributed by atoms with E-state index in [9.17, 15) is 0 Å². The zero-order chi connectivity index (χ0) is 13.2. The summed E-state index contributed by atoms with van der Waals surface area (Å²) in [5.74, 6) is 0.823. The van der Waals surface area contributed by atoms with Crippen LogP contribution in [0, 0.1) is 0 Å². The molecule has 2 heterocycles. The summed E-state index contributed by atoms with van der Waals surface area (Å²) in [6.45, 7) is 0. The Labute approximate surface area is 117 Å². The molecule has 1 aromatic carbocycles. The first-order valence-corrected chi connectivity index (χ1v) is 6.34. The largest absolute Gasteiger partial charge is 0.398 e. The molecule has 0 aliphatic carbocycles. The molecule has 0 aliphatic rings. The number of anilines is 1. The number of nitrogens with zero attached hydrogens (tertiary/aromatic N) is 3. The number of halogens is 1. The Morgan fingerprint density at radius 3 is 2.79 bits per heavy atom. The van der Waals surface area contributed by atoms with Crippen LogP contribution in [0.1, 0.15) is 0 Å². The molecule has 0 saturated heterocycles. The molecule has 94 valence electrons. The van der Waals surface area contributed by atoms with Crippen LogP contribution in [0.2, 0.25) is 0 Å². The third-order valence-electron chi connectivity index (χ3n) is 2.56. The number of rotatable bonds is 2. The lowest BCUT2D eigenvalue weighted by atomic mass is 10.2. The molecular weight excluding hydrogens is 308 g/mol. The number of hydrogen-bond acceptors (Lipinski definition) is 5. The van der Waals surface area contributed by atoms with E-state index in [1.54, 1.807) is 12.3 Å². The maximum atomic E-state index is 5.93. The number of nitrogens with two attached hydrogens (primary N) is 1. The van der Waals surface area contributed by atoms with Crippen LogP contribution in [0.5, 0.6) is 0 Å². The molecule has 5 nitrogen and oxygen atoms in total. The molecule has 3 rings (SSSR count). The van der Waals surface area contributed by atoms with Crippen LogP contribution in [0.3, 0.4) is 0 Å². The van der Waals surface area contributed by atoms with E-state index < -0.39 is 0 Å². The summed E-state index contributed by atoms with van der Waals surface area (Å²) >= 11 is 3.35. The Morgan fingerprint density at radius 2 is 2.05 bits per heavy atom. The van der Waals surface area contributed by atoms with Crippen molar-refractivity contribution < 1.29 is 4.52 Å². The third kappa shape index (κ3) is 2.34. The van der Waals surface area contributed by atoms with Crippen LogP contribution in [0.25, 0.3) is 23.0 Å². The maximum Gasteiger partial charge on any atom is 0.260 e. The van der Waals surface area contributed by atoms with Crippen LogP contribution in [-0.4, -0.2) is 15.1 Å². The minimum Gasteiger partial charge on any atom is -0.398 e. The van der Waals surface area contributed by atoms with Gasteiger partial charge < -0.3 is 10.3 Å². The second-order valence-electron chi connectivity index (χ2n) is 3.87. The second-order valence-corrected chi connectivity index (χ2v) is 4.79. The number of nitrogen functional groups attached to an aromatic ring is 1. The molecule has 0 amide bonds. The highest BCUT2D eigenvalue weighted by atomic mass is 79.9. The number of benzene rings is 1. The van der Waals surface area contributed by atoms with Gasteiger partial charge in [-0.3, -0.25) is 4.98 Å². The standard InChI is InChI=1S/C13H9BrN4O/c14-8-4-5-9(10(15)7-8)13-17-12(18-19-13)11-3-1-2-6-16-11/h1-7H,15H2. The number of hydrogen-bond donors (Lipinski definition) is 1. The molecule has 6 heteroatoms. The SMILES string of the molecule is Nc1cc(Br)ccc1-c1nc(-c2ccccn2)no1. The smallest absolute Gasteiger partial charge is 0.260 e. The van der Waals surface area contributed by atoms with Crippen molar-refractivity contribution in [2.45, 2.75) is 0 Å². The Bertz CT molecular complexity index is 712. The summed E-state index contributed by atoms with van der Waals surface area (Å²) in [5, 5.41) is 3.91. The Hall–Kier alpha value is -2.21. The van der Waals surface area contributed by atoms with Gasteiger partial charge in [-0.05, 0) is 30.3 Å². The van der Waals surface area contributed by atoms with E-state index >= 15 is 0 Å². The van der Waals surface area contributed by atoms with Gasteiger partial charge in [-0.25, -0.2) is 0 Å². The molecule has 2 N–H and O–H groups in total. The fourth-order valence-corrected chi connectivity index (χ4v) is 2.04. The lowest BCUT2D eigenvalue weighted by Gasteiger charge is -2.00. The molecule has 0 fully saturated rings. The van der Waals surface area contributed by atoms with Crippen molar-refractivity contribution in [3.63, 3.8) is 0 Å². The van der Waals surface area contributed by atoms with E-state index in [4.69, 9.17) is 10.3 Å². The van der Waals surface area contributed by atoms with Crippen LogP contribution >= 0.6 is 15.9 Å². The average Bonchev–Trinajstić information content (AvgIpc) is 2.89. The number of aromatic nitrogens is 3. The summed E-state index contributed by atoms with van der Waals surface area (Å²) < 4.78 is 6.13. The van der Waals surface area contributed by atoms with Gasteiger partial charge in [0, 0.05) is 16.4 Å². The van der Waals surface area contributed by atoms with Gasteiger partial charge in [-0.1, -0.05) is 27.2 Å². The first-order chi connectivity index (χ1) is 9.24. The van der Waals surface area contributed by atoms with Crippen molar-refractivity contribution in [3.8, 4) is 23.0 Å². The Morgan fingerprint density at radius 1 is 1.16 bits per heavy atom. The topological polar surface area (TPSA) is 77.8 Å². The predicted octanol–water partition coefficient (Wildman–Crippen LogP) is 3.14. The average molecular weight is 317 g/mol. The van der Waals surface area contributed by atoms with Gasteiger partial charge in [0.1, 0.15) is 5.69 Å². The highest BCUT2D eigenvalue weighted by Gasteiger charge is 2.13. The summed E-state index contributed by atoms with van der Waals surface area (Å²) in [6.07, 6.45) is 1.68. The zero-order valence-corrected chi connectivity index (χ0v) is 11.3. The first-order valence-electron chi connectivity index (χ1n) is 5.54. The molecule has 0 spiro atoms. The van der Waals surface area contributed by atoms with Crippen molar-refractivity contribution in [1.29, 1.82) is 0 Å². The minimum atomic E-state index is 0.380. The monoisotopic (exact) mass is 316 g/mol. The lowest BCUT2D eigenvalue weighted by molar-refractivity contribution is 0.432. The molecule has 0 bridgehead atoms. The molecule has 2 aromatic heterocycles. The summed E-state index contributed by atoms with van der Waals surface area (Å²) in [5.41, 5.74) is 7.87. The number of pyridine rings is 1. The summed E-state index contributed by atoms with van der Waals surface area (Å²) in [6, 6.07) is 11.0. The molecule has 0 unspecified atom stereocenters. The first kappa shape index (κ1) is 11.9. The van der Waals surface area contributed by atoms with E-state index in [0.29, 0.717) is 28.7 Å². The van der Waals surface area contributed by atoms with Gasteiger partial charge in [-0.15, -0.1) is 0 Å². The second kappa shape index (κ2) is 4.81. The van der Waals surface area contributed by atoms with E-state index in [-0.39, 0.29) is 0 Å². The van der Waals surface area contributed by atoms with E-state index in [1.807, 2.05) is 30.3 Å². The quantitative estimate of drug-likeness (QED) is 0.735. The van der Waals surface area contributed by atoms with Gasteiger partial charge in [0.05, 0.1) is 5.56 Å². The molecule has 19 heavy (non-hydrogen) atoms. The van der Waals surface area contributed by atoms with Gasteiger partial charge in [0.25, 0.3) is 5.89 Å². The van der Waals surface area contributed by atoms with E-state index in [1.165, 1.54) is 0 Å². The Balaban J connectivity index is 2.02. The van der Waals surface area contributed by atoms with Crippen LogP contribution in [-0.2, 0) is 0 Å². The molecule has 0 atom stereocenters. The molecule has 0 aliphatic heterocycles. The fourth-order valence-electron chi connectivity index (χ4n) is 1.66. The van der Waals surface area contributed by atoms with Crippen molar-refractivity contribution in [2.75, 3.05) is 5.73 Å². The van der Waals surface area contributed by atoms with E-state index in [2.05, 4.69) is 31.1 Å². The highest BCUT2D eigenvalue weighted by molar-refractivity contribution is 9.10. The molecule has 3 aromatic rings. The van der Waals surface area contributed by atoms with Crippen LogP contribution in [0.15, 0.2) is 51.6 Å². The highest BCUT2D eigenvalue weighted by Crippen LogP contribution is 2.28. The normalized spacial score (nSPS) is 10.6. The summed E-state index contributed by atoms with van der Waals surface area (Å²) in [7, 11) is 0. The lowest BCUT2D eigenvalue weighted by Crippen LogP contribution is -1.90. The maximum absolute atomic E-state index is 5.93. The van der Waals surface area contributed by atoms with E-state index in [0.717, 1.165) is 4.47 Å². The van der Waals surface area contributed by atoms with Crippen LogP contribution < -0.4 is 5.73 Å². The summed E-state index contributed by atoms with van der Waals surface area (Å²) in [4.78, 5) is 8.47. The van der Waals surface area contributed by atoms with Crippen molar-refractivity contribution in [2.24, 2.45) is 0 Å². The zero-order valence-electron chi connectivity index (χ0n) is 9.75. The minimum absolute atomic E-state index is 0.380. The molecule has 0 radical (unpaired) electrons. The van der Waals surface area contributed by atoms with Crippen molar-refractivity contribution >= 4 is 21.6 Å². The molecule has 0 saturated carbocycles. The van der Waals surface area contributed by atoms with Crippen molar-refractivity contribution in [3.05, 3.63) is 47.1 Å².